The molecule has 0 saturated heterocycles. The molecule has 0 atom stereocenters. The Labute approximate surface area is 183 Å². The van der Waals surface area contributed by atoms with Crippen LogP contribution in [0.25, 0.3) is 0 Å². The van der Waals surface area contributed by atoms with Crippen LogP contribution in [0, 0.1) is 22.7 Å². The van der Waals surface area contributed by atoms with Gasteiger partial charge >= 0.3 is 11.9 Å². The monoisotopic (exact) mass is 428 g/mol. The van der Waals surface area contributed by atoms with Crippen LogP contribution in [-0.4, -0.2) is 26.2 Å². The number of nitriles is 2. The van der Waals surface area contributed by atoms with Crippen LogP contribution in [0.4, 0.5) is 0 Å². The Kier molecular flexibility index (Phi) is 6.69. The van der Waals surface area contributed by atoms with Crippen LogP contribution < -0.4 is 9.47 Å². The van der Waals surface area contributed by atoms with E-state index in [4.69, 9.17) is 9.47 Å². The summed E-state index contributed by atoms with van der Waals surface area (Å²) < 4.78 is 21.1. The second-order valence-corrected chi connectivity index (χ2v) is 6.30. The standard InChI is InChI=1S/C24H16N2O6/c1-29-23(27)15-3-7-19(8-4-15)31-21-11-17(13-25)18(14-26)12-22(21)32-20-9-5-16(6-10-20)24(28)30-2/h3-12H,1-2H3. The summed E-state index contributed by atoms with van der Waals surface area (Å²) in [5, 5.41) is 18.7. The largest absolute Gasteiger partial charge is 0.465 e. The third-order valence-corrected chi connectivity index (χ3v) is 4.33. The first-order chi connectivity index (χ1) is 15.5. The summed E-state index contributed by atoms with van der Waals surface area (Å²) >= 11 is 0. The van der Waals surface area contributed by atoms with Gasteiger partial charge in [0.2, 0.25) is 0 Å². The fourth-order valence-corrected chi connectivity index (χ4v) is 2.71. The number of methoxy groups -OCH3 is 2. The summed E-state index contributed by atoms with van der Waals surface area (Å²) in [6.45, 7) is 0. The average Bonchev–Trinajstić information content (AvgIpc) is 2.84. The lowest BCUT2D eigenvalue weighted by molar-refractivity contribution is 0.0592. The van der Waals surface area contributed by atoms with Gasteiger partial charge in [0.05, 0.1) is 36.5 Å². The number of benzene rings is 3. The molecule has 8 nitrogen and oxygen atoms in total. The van der Waals surface area contributed by atoms with Crippen molar-refractivity contribution in [3.05, 3.63) is 82.9 Å². The van der Waals surface area contributed by atoms with Crippen LogP contribution in [0.15, 0.2) is 60.7 Å². The van der Waals surface area contributed by atoms with Gasteiger partial charge in [-0.1, -0.05) is 0 Å². The highest BCUT2D eigenvalue weighted by Gasteiger charge is 2.15. The van der Waals surface area contributed by atoms with E-state index in [-0.39, 0.29) is 22.6 Å². The molecule has 3 aromatic carbocycles. The molecule has 158 valence electrons. The van der Waals surface area contributed by atoms with Crippen molar-refractivity contribution in [2.45, 2.75) is 0 Å². The summed E-state index contributed by atoms with van der Waals surface area (Å²) in [6, 6.07) is 19.1. The summed E-state index contributed by atoms with van der Waals surface area (Å²) in [7, 11) is 2.57. The molecule has 8 heteroatoms. The molecule has 0 radical (unpaired) electrons. The number of rotatable bonds is 6. The van der Waals surface area contributed by atoms with Crippen molar-refractivity contribution in [3.8, 4) is 35.1 Å². The number of esters is 2. The van der Waals surface area contributed by atoms with Gasteiger partial charge in [0.15, 0.2) is 11.5 Å². The Balaban J connectivity index is 1.94. The number of hydrogen-bond acceptors (Lipinski definition) is 8. The highest BCUT2D eigenvalue weighted by Crippen LogP contribution is 2.37. The Hall–Kier alpha value is -4.82. The molecule has 0 aromatic heterocycles. The molecule has 0 spiro atoms. The molecule has 0 aliphatic rings. The zero-order chi connectivity index (χ0) is 23.1. The second kappa shape index (κ2) is 9.79. The first-order valence-corrected chi connectivity index (χ1v) is 9.19. The molecule has 3 aromatic rings. The lowest BCUT2D eigenvalue weighted by atomic mass is 10.1. The molecule has 0 heterocycles. The third kappa shape index (κ3) is 4.84. The maximum absolute atomic E-state index is 11.6. The molecule has 0 N–H and O–H groups in total. The van der Waals surface area contributed by atoms with E-state index >= 15 is 0 Å². The van der Waals surface area contributed by atoms with Gasteiger partial charge in [-0.05, 0) is 48.5 Å². The number of ether oxygens (including phenoxy) is 4. The van der Waals surface area contributed by atoms with Gasteiger partial charge in [0, 0.05) is 12.1 Å². The van der Waals surface area contributed by atoms with Crippen LogP contribution >= 0.6 is 0 Å². The first-order valence-electron chi connectivity index (χ1n) is 9.19. The SMILES string of the molecule is COC(=O)c1ccc(Oc2cc(C#N)c(C#N)cc2Oc2ccc(C(=O)OC)cc2)cc1. The number of nitrogens with zero attached hydrogens (tertiary/aromatic N) is 2. The lowest BCUT2D eigenvalue weighted by Crippen LogP contribution is -2.01. The normalized spacial score (nSPS) is 9.75. The average molecular weight is 428 g/mol. The number of hydrogen-bond donors (Lipinski definition) is 0. The van der Waals surface area contributed by atoms with Crippen LogP contribution in [0.1, 0.15) is 31.8 Å². The van der Waals surface area contributed by atoms with Gasteiger partial charge in [0.1, 0.15) is 23.6 Å². The van der Waals surface area contributed by atoms with E-state index in [0.717, 1.165) is 0 Å². The van der Waals surface area contributed by atoms with E-state index in [9.17, 15) is 20.1 Å². The summed E-state index contributed by atoms with van der Waals surface area (Å²) in [5.41, 5.74) is 0.920. The highest BCUT2D eigenvalue weighted by atomic mass is 16.5. The molecule has 3 rings (SSSR count). The maximum Gasteiger partial charge on any atom is 0.337 e. The summed E-state index contributed by atoms with van der Waals surface area (Å²) in [5.74, 6) is 0.142. The van der Waals surface area contributed by atoms with Crippen molar-refractivity contribution >= 4 is 11.9 Å². The van der Waals surface area contributed by atoms with Crippen molar-refractivity contribution < 1.29 is 28.5 Å². The fraction of sp³-hybridized carbons (Fsp3) is 0.0833. The fourth-order valence-electron chi connectivity index (χ4n) is 2.71. The van der Waals surface area contributed by atoms with Gasteiger partial charge < -0.3 is 18.9 Å². The third-order valence-electron chi connectivity index (χ3n) is 4.33. The molecule has 0 aliphatic carbocycles. The zero-order valence-electron chi connectivity index (χ0n) is 17.1. The highest BCUT2D eigenvalue weighted by molar-refractivity contribution is 5.89. The van der Waals surface area contributed by atoms with Crippen molar-refractivity contribution in [1.82, 2.24) is 0 Å². The van der Waals surface area contributed by atoms with Crippen molar-refractivity contribution in [1.29, 1.82) is 10.5 Å². The second-order valence-electron chi connectivity index (χ2n) is 6.30. The smallest absolute Gasteiger partial charge is 0.337 e. The summed E-state index contributed by atoms with van der Waals surface area (Å²) in [4.78, 5) is 23.2. The molecule has 0 fully saturated rings. The van der Waals surface area contributed by atoms with E-state index in [1.807, 2.05) is 12.1 Å². The quantitative estimate of drug-likeness (QED) is 0.523. The Bertz CT molecular complexity index is 1140. The zero-order valence-corrected chi connectivity index (χ0v) is 17.1. The van der Waals surface area contributed by atoms with E-state index in [0.29, 0.717) is 22.6 Å². The number of carbonyl (C=O) groups excluding carboxylic acids is 2. The molecular weight excluding hydrogens is 412 g/mol. The Morgan fingerprint density at radius 3 is 1.28 bits per heavy atom. The van der Waals surface area contributed by atoms with Gasteiger partial charge in [-0.15, -0.1) is 0 Å². The molecule has 0 saturated carbocycles. The predicted octanol–water partition coefficient (Wildman–Crippen LogP) is 4.59. The van der Waals surface area contributed by atoms with Gasteiger partial charge in [-0.3, -0.25) is 0 Å². The van der Waals surface area contributed by atoms with Crippen molar-refractivity contribution in [2.75, 3.05) is 14.2 Å². The van der Waals surface area contributed by atoms with Crippen LogP contribution in [0.2, 0.25) is 0 Å². The topological polar surface area (TPSA) is 119 Å². The van der Waals surface area contributed by atoms with Crippen molar-refractivity contribution in [3.63, 3.8) is 0 Å². The van der Waals surface area contributed by atoms with Crippen LogP contribution in [-0.2, 0) is 9.47 Å². The lowest BCUT2D eigenvalue weighted by Gasteiger charge is -2.14. The van der Waals surface area contributed by atoms with Crippen LogP contribution in [0.3, 0.4) is 0 Å². The van der Waals surface area contributed by atoms with Crippen LogP contribution in [0.5, 0.6) is 23.0 Å². The number of carbonyl (C=O) groups is 2. The molecule has 0 aliphatic heterocycles. The minimum Gasteiger partial charge on any atom is -0.465 e. The minimum atomic E-state index is -0.485. The maximum atomic E-state index is 11.6. The van der Waals surface area contributed by atoms with Gasteiger partial charge in [-0.25, -0.2) is 9.59 Å². The van der Waals surface area contributed by atoms with Gasteiger partial charge in [-0.2, -0.15) is 10.5 Å². The van der Waals surface area contributed by atoms with E-state index in [1.165, 1.54) is 50.6 Å². The van der Waals surface area contributed by atoms with E-state index in [1.54, 1.807) is 24.3 Å². The molecule has 0 amide bonds. The first kappa shape index (κ1) is 21.9. The van der Waals surface area contributed by atoms with E-state index in [2.05, 4.69) is 9.47 Å². The summed E-state index contributed by atoms with van der Waals surface area (Å²) in [6.07, 6.45) is 0. The van der Waals surface area contributed by atoms with Crippen molar-refractivity contribution in [2.24, 2.45) is 0 Å². The predicted molar refractivity (Wildman–Crippen MR) is 112 cm³/mol. The minimum absolute atomic E-state index is 0.113. The van der Waals surface area contributed by atoms with Gasteiger partial charge in [0.25, 0.3) is 0 Å². The Morgan fingerprint density at radius 2 is 1.00 bits per heavy atom. The molecular formula is C24H16N2O6. The Morgan fingerprint density at radius 1 is 0.656 bits per heavy atom. The van der Waals surface area contributed by atoms with E-state index < -0.39 is 11.9 Å². The molecule has 32 heavy (non-hydrogen) atoms. The molecule has 0 bridgehead atoms. The molecule has 0 unspecified atom stereocenters.